The minimum atomic E-state index is -4.38. The van der Waals surface area contributed by atoms with Crippen molar-refractivity contribution >= 4 is 17.3 Å². The van der Waals surface area contributed by atoms with Crippen LogP contribution in [0.3, 0.4) is 0 Å². The maximum atomic E-state index is 12.1. The van der Waals surface area contributed by atoms with Crippen LogP contribution < -0.4 is 10.1 Å². The van der Waals surface area contributed by atoms with E-state index in [9.17, 15) is 13.2 Å². The van der Waals surface area contributed by atoms with Gasteiger partial charge in [-0.05, 0) is 12.5 Å². The normalized spacial score (nSPS) is 12.2. The molecule has 0 aliphatic heterocycles. The first-order chi connectivity index (χ1) is 12.3. The van der Waals surface area contributed by atoms with Gasteiger partial charge in [0, 0.05) is 38.3 Å². The Labute approximate surface area is 153 Å². The van der Waals surface area contributed by atoms with Crippen LogP contribution in [0.1, 0.15) is 16.3 Å². The van der Waals surface area contributed by atoms with Crippen molar-refractivity contribution in [2.45, 2.75) is 26.2 Å². The molecule has 0 fully saturated rings. The third kappa shape index (κ3) is 6.51. The molecule has 0 saturated heterocycles. The summed E-state index contributed by atoms with van der Waals surface area (Å²) in [6.45, 7) is 1.65. The van der Waals surface area contributed by atoms with Crippen LogP contribution in [-0.4, -0.2) is 47.7 Å². The van der Waals surface area contributed by atoms with E-state index in [2.05, 4.69) is 25.0 Å². The van der Waals surface area contributed by atoms with Crippen molar-refractivity contribution in [1.29, 1.82) is 0 Å². The zero-order valence-electron chi connectivity index (χ0n) is 14.7. The highest BCUT2D eigenvalue weighted by atomic mass is 32.1. The van der Waals surface area contributed by atoms with Crippen LogP contribution in [0.2, 0.25) is 0 Å². The molecule has 10 heteroatoms. The molecule has 142 valence electrons. The Morgan fingerprint density at radius 1 is 1.38 bits per heavy atom. The average Bonchev–Trinajstić information content (AvgIpc) is 2.98. The van der Waals surface area contributed by atoms with Gasteiger partial charge in [-0.3, -0.25) is 4.99 Å². The number of aryl methyl sites for hydroxylation is 1. The van der Waals surface area contributed by atoms with E-state index in [0.717, 1.165) is 16.3 Å². The van der Waals surface area contributed by atoms with Gasteiger partial charge < -0.3 is 15.0 Å². The maximum absolute atomic E-state index is 12.1. The Hall–Kier alpha value is -2.36. The number of aromatic nitrogens is 2. The van der Waals surface area contributed by atoms with Gasteiger partial charge in [-0.1, -0.05) is 6.07 Å². The summed E-state index contributed by atoms with van der Waals surface area (Å²) in [5, 5.41) is 6.19. The van der Waals surface area contributed by atoms with Gasteiger partial charge in [0.15, 0.2) is 12.6 Å². The molecule has 0 aliphatic rings. The molecule has 2 rings (SSSR count). The van der Waals surface area contributed by atoms with E-state index < -0.39 is 12.8 Å². The van der Waals surface area contributed by atoms with Gasteiger partial charge in [-0.15, -0.1) is 11.3 Å². The Morgan fingerprint density at radius 2 is 2.15 bits per heavy atom. The number of hydrogen-bond donors (Lipinski definition) is 1. The molecule has 0 unspecified atom stereocenters. The number of nitrogens with one attached hydrogen (secondary N) is 1. The largest absolute Gasteiger partial charge is 0.468 e. The van der Waals surface area contributed by atoms with Crippen molar-refractivity contribution < 1.29 is 17.9 Å². The minimum absolute atomic E-state index is 0.0634. The van der Waals surface area contributed by atoms with E-state index >= 15 is 0 Å². The predicted molar refractivity (Wildman–Crippen MR) is 94.3 cm³/mol. The number of aliphatic imine (C=N–C) groups is 1. The highest BCUT2D eigenvalue weighted by Crippen LogP contribution is 2.17. The van der Waals surface area contributed by atoms with E-state index in [-0.39, 0.29) is 5.88 Å². The Morgan fingerprint density at radius 3 is 2.69 bits per heavy atom. The number of alkyl halides is 3. The lowest BCUT2D eigenvalue weighted by Gasteiger charge is -2.21. The fraction of sp³-hybridized carbons (Fsp3) is 0.438. The molecule has 0 aromatic carbocycles. The predicted octanol–water partition coefficient (Wildman–Crippen LogP) is 3.00. The molecule has 26 heavy (non-hydrogen) atoms. The van der Waals surface area contributed by atoms with Crippen LogP contribution in [0, 0.1) is 6.92 Å². The zero-order valence-corrected chi connectivity index (χ0v) is 15.5. The van der Waals surface area contributed by atoms with Gasteiger partial charge in [-0.25, -0.2) is 9.97 Å². The fourth-order valence-electron chi connectivity index (χ4n) is 2.12. The lowest BCUT2D eigenvalue weighted by Crippen LogP contribution is -2.38. The van der Waals surface area contributed by atoms with Crippen LogP contribution in [0.25, 0.3) is 0 Å². The summed E-state index contributed by atoms with van der Waals surface area (Å²) in [6.07, 6.45) is -2.91. The molecule has 2 heterocycles. The van der Waals surface area contributed by atoms with Gasteiger partial charge in [0.2, 0.25) is 5.88 Å². The van der Waals surface area contributed by atoms with Gasteiger partial charge in [0.25, 0.3) is 0 Å². The third-order valence-corrected chi connectivity index (χ3v) is 4.09. The highest BCUT2D eigenvalue weighted by Gasteiger charge is 2.28. The first-order valence-corrected chi connectivity index (χ1v) is 8.62. The summed E-state index contributed by atoms with van der Waals surface area (Å²) < 4.78 is 40.9. The van der Waals surface area contributed by atoms with Crippen LogP contribution in [0.5, 0.6) is 5.88 Å². The van der Waals surface area contributed by atoms with E-state index in [4.69, 9.17) is 0 Å². The van der Waals surface area contributed by atoms with E-state index in [1.807, 2.05) is 24.3 Å². The molecular formula is C16H20F3N5OS. The number of hydrogen-bond acceptors (Lipinski definition) is 5. The average molecular weight is 387 g/mol. The zero-order chi connectivity index (χ0) is 19.2. The summed E-state index contributed by atoms with van der Waals surface area (Å²) in [7, 11) is 3.58. The molecule has 0 atom stereocenters. The molecule has 0 saturated carbocycles. The van der Waals surface area contributed by atoms with Crippen molar-refractivity contribution in [2.24, 2.45) is 4.99 Å². The molecule has 0 amide bonds. The quantitative estimate of drug-likeness (QED) is 0.610. The maximum Gasteiger partial charge on any atom is 0.422 e. The highest BCUT2D eigenvalue weighted by molar-refractivity contribution is 7.09. The summed E-state index contributed by atoms with van der Waals surface area (Å²) >= 11 is 1.59. The lowest BCUT2D eigenvalue weighted by atomic mass is 10.3. The van der Waals surface area contributed by atoms with Crippen molar-refractivity contribution in [3.05, 3.63) is 40.0 Å². The van der Waals surface area contributed by atoms with Crippen molar-refractivity contribution in [1.82, 2.24) is 20.2 Å². The van der Waals surface area contributed by atoms with Crippen LogP contribution in [-0.2, 0) is 13.1 Å². The van der Waals surface area contributed by atoms with E-state index in [1.165, 1.54) is 12.3 Å². The molecule has 2 aromatic rings. The third-order valence-electron chi connectivity index (χ3n) is 3.27. The number of rotatable bonds is 6. The molecule has 2 aromatic heterocycles. The Balaban J connectivity index is 1.85. The number of nitrogens with zero attached hydrogens (tertiary/aromatic N) is 4. The molecule has 6 nitrogen and oxygen atoms in total. The smallest absolute Gasteiger partial charge is 0.422 e. The number of pyridine rings is 1. The lowest BCUT2D eigenvalue weighted by molar-refractivity contribution is -0.154. The Bertz CT molecular complexity index is 730. The van der Waals surface area contributed by atoms with Crippen LogP contribution >= 0.6 is 11.3 Å². The second-order valence-corrected chi connectivity index (χ2v) is 6.59. The second kappa shape index (κ2) is 8.84. The van der Waals surface area contributed by atoms with E-state index in [1.54, 1.807) is 24.5 Å². The summed E-state index contributed by atoms with van der Waals surface area (Å²) in [5.74, 6) is 0.611. The van der Waals surface area contributed by atoms with Crippen molar-refractivity contribution in [3.8, 4) is 5.88 Å². The molecule has 0 aliphatic carbocycles. The molecule has 1 N–H and O–H groups in total. The monoisotopic (exact) mass is 387 g/mol. The summed E-state index contributed by atoms with van der Waals surface area (Å²) in [4.78, 5) is 14.4. The summed E-state index contributed by atoms with van der Waals surface area (Å²) in [6, 6.07) is 3.07. The van der Waals surface area contributed by atoms with Crippen molar-refractivity contribution in [2.75, 3.05) is 20.7 Å². The second-order valence-electron chi connectivity index (χ2n) is 5.52. The van der Waals surface area contributed by atoms with Crippen LogP contribution in [0.15, 0.2) is 28.7 Å². The standard InChI is InChI=1S/C16H20F3N5OS/c1-11-23-13(9-26-11)8-24(3)15(20-2)22-7-12-4-5-14(21-6-12)25-10-16(17,18)19/h4-6,9H,7-8,10H2,1-3H3,(H,20,22). The van der Waals surface area contributed by atoms with Gasteiger partial charge >= 0.3 is 6.18 Å². The number of ether oxygens (including phenoxy) is 1. The first kappa shape index (κ1) is 20.0. The fourth-order valence-corrected chi connectivity index (χ4v) is 2.73. The van der Waals surface area contributed by atoms with Crippen molar-refractivity contribution in [3.63, 3.8) is 0 Å². The SMILES string of the molecule is CN=C(NCc1ccc(OCC(F)(F)F)nc1)N(C)Cc1csc(C)n1. The molecule has 0 radical (unpaired) electrons. The molecule has 0 spiro atoms. The molecular weight excluding hydrogens is 367 g/mol. The topological polar surface area (TPSA) is 62.6 Å². The minimum Gasteiger partial charge on any atom is -0.468 e. The van der Waals surface area contributed by atoms with Gasteiger partial charge in [0.1, 0.15) is 0 Å². The van der Waals surface area contributed by atoms with Crippen LogP contribution in [0.4, 0.5) is 13.2 Å². The number of halogens is 3. The number of guanidine groups is 1. The van der Waals surface area contributed by atoms with Gasteiger partial charge in [-0.2, -0.15) is 13.2 Å². The van der Waals surface area contributed by atoms with Gasteiger partial charge in [0.05, 0.1) is 17.2 Å². The first-order valence-electron chi connectivity index (χ1n) is 7.74. The van der Waals surface area contributed by atoms with E-state index in [0.29, 0.717) is 19.0 Å². The molecule has 0 bridgehead atoms. The Kier molecular flexibility index (Phi) is 6.78. The summed E-state index contributed by atoms with van der Waals surface area (Å²) in [5.41, 5.74) is 1.76. The number of thiazole rings is 1.